The van der Waals surface area contributed by atoms with Crippen LogP contribution in [0.5, 0.6) is 0 Å². The third kappa shape index (κ3) is 3.83. The van der Waals surface area contributed by atoms with E-state index in [0.717, 1.165) is 36.7 Å². The Kier molecular flexibility index (Phi) is 5.36. The van der Waals surface area contributed by atoms with Gasteiger partial charge in [0.1, 0.15) is 12.4 Å². The Morgan fingerprint density at radius 2 is 2.00 bits per heavy atom. The van der Waals surface area contributed by atoms with Gasteiger partial charge in [-0.3, -0.25) is 9.59 Å². The molecular formula is C19H25N3O3. The number of ether oxygens (including phenoxy) is 1. The Hall–Kier alpha value is -2.37. The molecule has 1 atom stereocenters. The topological polar surface area (TPSA) is 73.2 Å². The Balaban J connectivity index is 1.84. The minimum Gasteiger partial charge on any atom is -0.468 e. The zero-order chi connectivity index (χ0) is 17.8. The minimum atomic E-state index is -0.338. The fourth-order valence-corrected chi connectivity index (χ4v) is 3.55. The second-order valence-electron chi connectivity index (χ2n) is 6.69. The molecule has 0 bridgehead atoms. The third-order valence-electron chi connectivity index (χ3n) is 4.92. The van der Waals surface area contributed by atoms with Crippen molar-refractivity contribution in [2.24, 2.45) is 5.92 Å². The maximum Gasteiger partial charge on any atom is 0.325 e. The second-order valence-corrected chi connectivity index (χ2v) is 6.69. The highest BCUT2D eigenvalue weighted by molar-refractivity contribution is 5.81. The van der Waals surface area contributed by atoms with Crippen molar-refractivity contribution in [3.8, 4) is 0 Å². The lowest BCUT2D eigenvalue weighted by atomic mass is 9.88. The summed E-state index contributed by atoms with van der Waals surface area (Å²) in [5.41, 5.74) is 1.67. The van der Waals surface area contributed by atoms with Crippen LogP contribution < -0.4 is 5.32 Å². The van der Waals surface area contributed by atoms with E-state index in [4.69, 9.17) is 4.74 Å². The molecule has 1 aliphatic carbocycles. The zero-order valence-electron chi connectivity index (χ0n) is 14.8. The fraction of sp³-hybridized carbons (Fsp3) is 0.526. The first-order chi connectivity index (χ1) is 12.1. The molecule has 0 spiro atoms. The summed E-state index contributed by atoms with van der Waals surface area (Å²) in [5.74, 6) is 0.518. The molecule has 134 valence electrons. The SMILES string of the molecule is COC(=O)Cn1c(C(C)NC(=O)C2CCCCC2)nc2ccccc21. The highest BCUT2D eigenvalue weighted by Gasteiger charge is 2.25. The number of fused-ring (bicyclic) bond motifs is 1. The smallest absolute Gasteiger partial charge is 0.325 e. The molecule has 1 aromatic heterocycles. The average molecular weight is 343 g/mol. The molecular weight excluding hydrogens is 318 g/mol. The molecule has 3 rings (SSSR count). The van der Waals surface area contributed by atoms with E-state index in [2.05, 4.69) is 10.3 Å². The number of nitrogens with one attached hydrogen (secondary N) is 1. The number of benzene rings is 1. The quantitative estimate of drug-likeness (QED) is 0.847. The number of methoxy groups -OCH3 is 1. The number of imidazole rings is 1. The average Bonchev–Trinajstić information content (AvgIpc) is 3.01. The van der Waals surface area contributed by atoms with Crippen molar-refractivity contribution in [2.45, 2.75) is 51.6 Å². The first-order valence-corrected chi connectivity index (χ1v) is 8.92. The number of nitrogens with zero attached hydrogens (tertiary/aromatic N) is 2. The van der Waals surface area contributed by atoms with Crippen LogP contribution in [0.25, 0.3) is 11.0 Å². The lowest BCUT2D eigenvalue weighted by Gasteiger charge is -2.23. The Bertz CT molecular complexity index is 762. The normalized spacial score (nSPS) is 16.6. The molecule has 1 fully saturated rings. The van der Waals surface area contributed by atoms with E-state index in [1.54, 1.807) is 0 Å². The summed E-state index contributed by atoms with van der Waals surface area (Å²) in [7, 11) is 1.37. The summed E-state index contributed by atoms with van der Waals surface area (Å²) >= 11 is 0. The summed E-state index contributed by atoms with van der Waals surface area (Å²) in [5, 5.41) is 3.08. The van der Waals surface area contributed by atoms with Crippen LogP contribution in [0, 0.1) is 5.92 Å². The predicted octanol–water partition coefficient (Wildman–Crippen LogP) is 2.97. The van der Waals surface area contributed by atoms with Crippen molar-refractivity contribution in [1.82, 2.24) is 14.9 Å². The van der Waals surface area contributed by atoms with Gasteiger partial charge in [0.25, 0.3) is 0 Å². The van der Waals surface area contributed by atoms with E-state index in [0.29, 0.717) is 5.82 Å². The Morgan fingerprint density at radius 3 is 2.72 bits per heavy atom. The summed E-state index contributed by atoms with van der Waals surface area (Å²) in [4.78, 5) is 29.0. The number of para-hydroxylation sites is 2. The molecule has 1 aromatic carbocycles. The van der Waals surface area contributed by atoms with Crippen LogP contribution >= 0.6 is 0 Å². The lowest BCUT2D eigenvalue weighted by molar-refractivity contribution is -0.141. The van der Waals surface area contributed by atoms with E-state index in [1.165, 1.54) is 13.5 Å². The molecule has 1 amide bonds. The maximum absolute atomic E-state index is 12.5. The maximum atomic E-state index is 12.5. The van der Waals surface area contributed by atoms with Gasteiger partial charge in [-0.15, -0.1) is 0 Å². The lowest BCUT2D eigenvalue weighted by Crippen LogP contribution is -2.35. The first kappa shape index (κ1) is 17.5. The number of aromatic nitrogens is 2. The summed E-state index contributed by atoms with van der Waals surface area (Å²) < 4.78 is 6.63. The molecule has 25 heavy (non-hydrogen) atoms. The van der Waals surface area contributed by atoms with Crippen molar-refractivity contribution >= 4 is 22.9 Å². The number of carbonyl (C=O) groups is 2. The van der Waals surface area contributed by atoms with Crippen molar-refractivity contribution in [3.63, 3.8) is 0 Å². The van der Waals surface area contributed by atoms with Crippen LogP contribution in [0.4, 0.5) is 0 Å². The summed E-state index contributed by atoms with van der Waals surface area (Å²) in [6, 6.07) is 7.37. The number of hydrogen-bond donors (Lipinski definition) is 1. The fourth-order valence-electron chi connectivity index (χ4n) is 3.55. The van der Waals surface area contributed by atoms with Gasteiger partial charge in [-0.05, 0) is 31.9 Å². The van der Waals surface area contributed by atoms with Gasteiger partial charge < -0.3 is 14.6 Å². The van der Waals surface area contributed by atoms with Crippen LogP contribution in [0.15, 0.2) is 24.3 Å². The second kappa shape index (κ2) is 7.68. The van der Waals surface area contributed by atoms with Crippen molar-refractivity contribution in [3.05, 3.63) is 30.1 Å². The van der Waals surface area contributed by atoms with Gasteiger partial charge in [0.05, 0.1) is 24.2 Å². The van der Waals surface area contributed by atoms with Crippen LogP contribution in [-0.2, 0) is 20.9 Å². The van der Waals surface area contributed by atoms with Crippen molar-refractivity contribution in [2.75, 3.05) is 7.11 Å². The van der Waals surface area contributed by atoms with Crippen LogP contribution in [-0.4, -0.2) is 28.5 Å². The number of amides is 1. The summed E-state index contributed by atoms with van der Waals surface area (Å²) in [6.07, 6.45) is 5.36. The van der Waals surface area contributed by atoms with E-state index >= 15 is 0 Å². The molecule has 1 saturated carbocycles. The monoisotopic (exact) mass is 343 g/mol. The van der Waals surface area contributed by atoms with E-state index in [-0.39, 0.29) is 30.4 Å². The highest BCUT2D eigenvalue weighted by atomic mass is 16.5. The molecule has 1 N–H and O–H groups in total. The van der Waals surface area contributed by atoms with Crippen molar-refractivity contribution < 1.29 is 14.3 Å². The number of rotatable bonds is 5. The van der Waals surface area contributed by atoms with E-state index < -0.39 is 0 Å². The molecule has 0 saturated heterocycles. The number of carbonyl (C=O) groups excluding carboxylic acids is 2. The molecule has 6 nitrogen and oxygen atoms in total. The molecule has 2 aromatic rings. The number of hydrogen-bond acceptors (Lipinski definition) is 4. The Labute approximate surface area is 147 Å². The van der Waals surface area contributed by atoms with Crippen LogP contribution in [0.3, 0.4) is 0 Å². The van der Waals surface area contributed by atoms with Gasteiger partial charge in [-0.2, -0.15) is 0 Å². The molecule has 1 aliphatic rings. The van der Waals surface area contributed by atoms with E-state index in [9.17, 15) is 9.59 Å². The van der Waals surface area contributed by atoms with Gasteiger partial charge in [-0.25, -0.2) is 4.98 Å². The minimum absolute atomic E-state index is 0.0794. The van der Waals surface area contributed by atoms with Crippen LogP contribution in [0.1, 0.15) is 50.9 Å². The van der Waals surface area contributed by atoms with Crippen LogP contribution in [0.2, 0.25) is 0 Å². The molecule has 0 aliphatic heterocycles. The summed E-state index contributed by atoms with van der Waals surface area (Å²) in [6.45, 7) is 1.99. The highest BCUT2D eigenvalue weighted by Crippen LogP contribution is 2.26. The van der Waals surface area contributed by atoms with Gasteiger partial charge in [0, 0.05) is 5.92 Å². The van der Waals surface area contributed by atoms with Crippen molar-refractivity contribution in [1.29, 1.82) is 0 Å². The van der Waals surface area contributed by atoms with Gasteiger partial charge in [0.15, 0.2) is 0 Å². The van der Waals surface area contributed by atoms with Gasteiger partial charge in [-0.1, -0.05) is 31.4 Å². The van der Waals surface area contributed by atoms with Gasteiger partial charge >= 0.3 is 5.97 Å². The predicted molar refractivity (Wildman–Crippen MR) is 94.9 cm³/mol. The largest absolute Gasteiger partial charge is 0.468 e. The van der Waals surface area contributed by atoms with Gasteiger partial charge in [0.2, 0.25) is 5.91 Å². The first-order valence-electron chi connectivity index (χ1n) is 8.92. The standard InChI is InChI=1S/C19H25N3O3/c1-13(20-19(24)14-8-4-3-5-9-14)18-21-15-10-6-7-11-16(15)22(18)12-17(23)25-2/h6-7,10-11,13-14H,3-5,8-9,12H2,1-2H3,(H,20,24). The third-order valence-corrected chi connectivity index (χ3v) is 4.92. The molecule has 1 heterocycles. The molecule has 0 radical (unpaired) electrons. The molecule has 1 unspecified atom stereocenters. The Morgan fingerprint density at radius 1 is 1.28 bits per heavy atom. The van der Waals surface area contributed by atoms with E-state index in [1.807, 2.05) is 35.8 Å². The number of esters is 1. The molecule has 6 heteroatoms. The zero-order valence-corrected chi connectivity index (χ0v) is 14.8.